The predicted molar refractivity (Wildman–Crippen MR) is 77.2 cm³/mol. The van der Waals surface area contributed by atoms with Crippen molar-refractivity contribution in [3.8, 4) is 0 Å². The van der Waals surface area contributed by atoms with Crippen molar-refractivity contribution in [1.82, 2.24) is 5.32 Å². The summed E-state index contributed by atoms with van der Waals surface area (Å²) in [7, 11) is -3.45. The van der Waals surface area contributed by atoms with Gasteiger partial charge in [-0.25, -0.2) is 8.42 Å². The van der Waals surface area contributed by atoms with E-state index in [9.17, 15) is 18.3 Å². The van der Waals surface area contributed by atoms with Crippen LogP contribution in [-0.2, 0) is 14.6 Å². The van der Waals surface area contributed by atoms with Crippen LogP contribution in [0.4, 0.5) is 0 Å². The number of hydrogen-bond donors (Lipinski definition) is 2. The number of carbonyl (C=O) groups is 1. The molecule has 0 aliphatic carbocycles. The number of hydrogen-bond acceptors (Lipinski definition) is 4. The predicted octanol–water partition coefficient (Wildman–Crippen LogP) is 1.05. The maximum atomic E-state index is 12.0. The third-order valence-corrected chi connectivity index (χ3v) is 4.43. The molecular weight excluding hydrogens is 278 g/mol. The third-order valence-electron chi connectivity index (χ3n) is 2.70. The molecule has 0 fully saturated rings. The molecule has 0 saturated carbocycles. The van der Waals surface area contributed by atoms with Crippen LogP contribution in [0.5, 0.6) is 0 Å². The summed E-state index contributed by atoms with van der Waals surface area (Å²) in [5, 5.41) is 12.0. The lowest BCUT2D eigenvalue weighted by Crippen LogP contribution is -2.38. The Balaban J connectivity index is 2.56. The molecule has 0 radical (unpaired) electrons. The maximum Gasteiger partial charge on any atom is 0.221 e. The highest BCUT2D eigenvalue weighted by Crippen LogP contribution is 2.13. The second-order valence-electron chi connectivity index (χ2n) is 5.47. The van der Waals surface area contributed by atoms with Crippen molar-refractivity contribution in [3.63, 3.8) is 0 Å². The molecule has 1 amide bonds. The van der Waals surface area contributed by atoms with Crippen LogP contribution in [0.25, 0.3) is 0 Å². The Labute approximate surface area is 119 Å². The van der Waals surface area contributed by atoms with Crippen molar-refractivity contribution in [2.75, 3.05) is 12.3 Å². The highest BCUT2D eigenvalue weighted by Gasteiger charge is 2.18. The first-order valence-electron chi connectivity index (χ1n) is 6.39. The van der Waals surface area contributed by atoms with Gasteiger partial charge in [0, 0.05) is 13.0 Å². The Morgan fingerprint density at radius 1 is 1.25 bits per heavy atom. The first-order valence-corrected chi connectivity index (χ1v) is 8.04. The highest BCUT2D eigenvalue weighted by atomic mass is 32.2. The molecule has 5 nitrogen and oxygen atoms in total. The van der Waals surface area contributed by atoms with E-state index in [-0.39, 0.29) is 29.5 Å². The number of amides is 1. The molecule has 0 unspecified atom stereocenters. The van der Waals surface area contributed by atoms with Gasteiger partial charge in [-0.3, -0.25) is 4.79 Å². The van der Waals surface area contributed by atoms with Gasteiger partial charge in [0.1, 0.15) is 0 Å². The van der Waals surface area contributed by atoms with Crippen molar-refractivity contribution < 1.29 is 18.3 Å². The fraction of sp³-hybridized carbons (Fsp3) is 0.500. The summed E-state index contributed by atoms with van der Waals surface area (Å²) in [4.78, 5) is 11.8. The minimum absolute atomic E-state index is 0.0937. The van der Waals surface area contributed by atoms with Crippen molar-refractivity contribution in [2.24, 2.45) is 0 Å². The van der Waals surface area contributed by atoms with Gasteiger partial charge in [0.15, 0.2) is 9.84 Å². The van der Waals surface area contributed by atoms with Gasteiger partial charge in [-0.15, -0.1) is 0 Å². The summed E-state index contributed by atoms with van der Waals surface area (Å²) < 4.78 is 24.0. The largest absolute Gasteiger partial charge is 0.389 e. The van der Waals surface area contributed by atoms with Gasteiger partial charge in [0.2, 0.25) is 5.91 Å². The first-order chi connectivity index (χ1) is 9.10. The monoisotopic (exact) mass is 299 g/mol. The molecule has 0 saturated heterocycles. The number of carbonyl (C=O) groups excluding carboxylic acids is 1. The minimum atomic E-state index is -3.45. The molecule has 2 N–H and O–H groups in total. The lowest BCUT2D eigenvalue weighted by Gasteiger charge is -2.17. The van der Waals surface area contributed by atoms with E-state index in [1.807, 2.05) is 6.92 Å². The van der Waals surface area contributed by atoms with Crippen LogP contribution in [0.1, 0.15) is 25.8 Å². The molecule has 0 atom stereocenters. The average molecular weight is 299 g/mol. The van der Waals surface area contributed by atoms with E-state index in [2.05, 4.69) is 5.32 Å². The van der Waals surface area contributed by atoms with Crippen LogP contribution in [0, 0.1) is 6.92 Å². The van der Waals surface area contributed by atoms with E-state index in [0.29, 0.717) is 0 Å². The molecular formula is C14H21NO4S. The Bertz CT molecular complexity index is 556. The SMILES string of the molecule is Cc1ccc(S(=O)(=O)CCC(=O)NCC(C)(C)O)cc1. The number of benzene rings is 1. The number of rotatable bonds is 6. The molecule has 0 bridgehead atoms. The smallest absolute Gasteiger partial charge is 0.221 e. The maximum absolute atomic E-state index is 12.0. The first kappa shape index (κ1) is 16.7. The Morgan fingerprint density at radius 3 is 2.30 bits per heavy atom. The molecule has 0 aromatic heterocycles. The summed E-state index contributed by atoms with van der Waals surface area (Å²) in [6, 6.07) is 6.53. The normalized spacial score (nSPS) is 12.2. The van der Waals surface area contributed by atoms with Gasteiger partial charge < -0.3 is 10.4 Å². The second kappa shape index (κ2) is 6.37. The van der Waals surface area contributed by atoms with E-state index in [4.69, 9.17) is 0 Å². The van der Waals surface area contributed by atoms with Crippen LogP contribution in [0.3, 0.4) is 0 Å². The van der Waals surface area contributed by atoms with Crippen molar-refractivity contribution in [3.05, 3.63) is 29.8 Å². The van der Waals surface area contributed by atoms with Crippen LogP contribution < -0.4 is 5.32 Å². The number of nitrogens with one attached hydrogen (secondary N) is 1. The summed E-state index contributed by atoms with van der Waals surface area (Å²) >= 11 is 0. The van der Waals surface area contributed by atoms with Crippen LogP contribution in [0.15, 0.2) is 29.2 Å². The van der Waals surface area contributed by atoms with Gasteiger partial charge >= 0.3 is 0 Å². The molecule has 1 aromatic rings. The number of sulfone groups is 1. The third kappa shape index (κ3) is 5.71. The van der Waals surface area contributed by atoms with E-state index >= 15 is 0 Å². The summed E-state index contributed by atoms with van der Waals surface area (Å²) in [6.07, 6.45) is -0.119. The lowest BCUT2D eigenvalue weighted by molar-refractivity contribution is -0.121. The van der Waals surface area contributed by atoms with Crippen LogP contribution in [-0.4, -0.2) is 37.3 Å². The average Bonchev–Trinajstić information content (AvgIpc) is 2.34. The Hall–Kier alpha value is -1.40. The zero-order valence-electron chi connectivity index (χ0n) is 12.0. The zero-order valence-corrected chi connectivity index (χ0v) is 12.8. The minimum Gasteiger partial charge on any atom is -0.389 e. The topological polar surface area (TPSA) is 83.5 Å². The Kier molecular flexibility index (Phi) is 5.30. The summed E-state index contributed by atoms with van der Waals surface area (Å²) in [6.45, 7) is 5.10. The molecule has 0 aliphatic heterocycles. The van der Waals surface area contributed by atoms with Gasteiger partial charge in [0.25, 0.3) is 0 Å². The molecule has 0 heterocycles. The van der Waals surface area contributed by atoms with Crippen molar-refractivity contribution in [2.45, 2.75) is 37.7 Å². The fourth-order valence-electron chi connectivity index (χ4n) is 1.49. The van der Waals surface area contributed by atoms with E-state index < -0.39 is 15.4 Å². The van der Waals surface area contributed by atoms with Gasteiger partial charge in [-0.1, -0.05) is 17.7 Å². The summed E-state index contributed by atoms with van der Waals surface area (Å²) in [5.41, 5.74) is -0.0299. The number of aliphatic hydroxyl groups is 1. The van der Waals surface area contributed by atoms with Crippen LogP contribution in [0.2, 0.25) is 0 Å². The van der Waals surface area contributed by atoms with Crippen molar-refractivity contribution in [1.29, 1.82) is 0 Å². The van der Waals surface area contributed by atoms with Crippen LogP contribution >= 0.6 is 0 Å². The molecule has 1 rings (SSSR count). The molecule has 1 aromatic carbocycles. The quantitative estimate of drug-likeness (QED) is 0.822. The van der Waals surface area contributed by atoms with E-state index in [0.717, 1.165) is 5.56 Å². The lowest BCUT2D eigenvalue weighted by atomic mass is 10.1. The highest BCUT2D eigenvalue weighted by molar-refractivity contribution is 7.91. The van der Waals surface area contributed by atoms with Gasteiger partial charge in [0.05, 0.1) is 16.2 Å². The van der Waals surface area contributed by atoms with E-state index in [1.54, 1.807) is 38.1 Å². The fourth-order valence-corrected chi connectivity index (χ4v) is 2.73. The zero-order chi connectivity index (χ0) is 15.4. The summed E-state index contributed by atoms with van der Waals surface area (Å²) in [5.74, 6) is -0.629. The molecule has 20 heavy (non-hydrogen) atoms. The van der Waals surface area contributed by atoms with Gasteiger partial charge in [-0.05, 0) is 32.9 Å². The molecule has 0 aliphatic rings. The second-order valence-corrected chi connectivity index (χ2v) is 7.58. The van der Waals surface area contributed by atoms with Crippen molar-refractivity contribution >= 4 is 15.7 Å². The standard InChI is InChI=1S/C14H21NO4S/c1-11-4-6-12(7-5-11)20(18,19)9-8-13(16)15-10-14(2,3)17/h4-7,17H,8-10H2,1-3H3,(H,15,16). The number of aryl methyl sites for hydroxylation is 1. The molecule has 112 valence electrons. The Morgan fingerprint density at radius 2 is 1.80 bits per heavy atom. The molecule has 6 heteroatoms. The molecule has 0 spiro atoms. The van der Waals surface area contributed by atoms with E-state index in [1.165, 1.54) is 0 Å². The van der Waals surface area contributed by atoms with Gasteiger partial charge in [-0.2, -0.15) is 0 Å².